The van der Waals surface area contributed by atoms with Gasteiger partial charge < -0.3 is 9.84 Å². The van der Waals surface area contributed by atoms with E-state index in [9.17, 15) is 9.18 Å². The Bertz CT molecular complexity index is 695. The van der Waals surface area contributed by atoms with Crippen LogP contribution in [-0.2, 0) is 0 Å². The highest BCUT2D eigenvalue weighted by molar-refractivity contribution is 5.88. The second-order valence-electron chi connectivity index (χ2n) is 6.49. The van der Waals surface area contributed by atoms with E-state index in [1.165, 1.54) is 50.7 Å². The van der Waals surface area contributed by atoms with Crippen LogP contribution in [-0.4, -0.2) is 17.7 Å². The lowest BCUT2D eigenvalue weighted by Crippen LogP contribution is -2.00. The average Bonchev–Trinajstić information content (AvgIpc) is 2.64. The number of carbonyl (C=O) groups is 1. The summed E-state index contributed by atoms with van der Waals surface area (Å²) in [6, 6.07) is 11.6. The van der Waals surface area contributed by atoms with Crippen LogP contribution in [0.4, 0.5) is 4.39 Å². The number of carboxylic acids is 1. The van der Waals surface area contributed by atoms with E-state index in [-0.39, 0.29) is 5.56 Å². The highest BCUT2D eigenvalue weighted by Crippen LogP contribution is 2.24. The molecule has 0 fully saturated rings. The van der Waals surface area contributed by atoms with Gasteiger partial charge in [-0.15, -0.1) is 0 Å². The SMILES string of the molecule is CCCCCCCCCOc1ccc(-c2ccc(C(=O)O)c(F)c2)cc1. The second-order valence-corrected chi connectivity index (χ2v) is 6.49. The van der Waals surface area contributed by atoms with Crippen molar-refractivity contribution in [2.24, 2.45) is 0 Å². The van der Waals surface area contributed by atoms with Gasteiger partial charge in [0.1, 0.15) is 11.6 Å². The summed E-state index contributed by atoms with van der Waals surface area (Å²) in [5.41, 5.74) is 1.15. The van der Waals surface area contributed by atoms with Crippen LogP contribution in [0.5, 0.6) is 5.75 Å². The first-order valence-electron chi connectivity index (χ1n) is 9.38. The zero-order valence-electron chi connectivity index (χ0n) is 15.3. The monoisotopic (exact) mass is 358 g/mol. The molecule has 0 saturated carbocycles. The van der Waals surface area contributed by atoms with Crippen LogP contribution in [0, 0.1) is 5.82 Å². The molecule has 2 aromatic carbocycles. The summed E-state index contributed by atoms with van der Waals surface area (Å²) < 4.78 is 19.5. The van der Waals surface area contributed by atoms with Gasteiger partial charge in [-0.2, -0.15) is 0 Å². The minimum atomic E-state index is -1.26. The van der Waals surface area contributed by atoms with Crippen molar-refractivity contribution in [3.05, 3.63) is 53.8 Å². The summed E-state index contributed by atoms with van der Waals surface area (Å²) in [5.74, 6) is -1.19. The molecule has 0 saturated heterocycles. The third-order valence-corrected chi connectivity index (χ3v) is 4.40. The largest absolute Gasteiger partial charge is 0.494 e. The van der Waals surface area contributed by atoms with Crippen molar-refractivity contribution in [1.29, 1.82) is 0 Å². The summed E-state index contributed by atoms with van der Waals surface area (Å²) in [6.45, 7) is 2.93. The summed E-state index contributed by atoms with van der Waals surface area (Å²) in [7, 11) is 0. The molecule has 0 bridgehead atoms. The van der Waals surface area contributed by atoms with Gasteiger partial charge in [-0.3, -0.25) is 0 Å². The summed E-state index contributed by atoms with van der Waals surface area (Å²) in [4.78, 5) is 10.9. The van der Waals surface area contributed by atoms with Crippen LogP contribution >= 0.6 is 0 Å². The zero-order valence-corrected chi connectivity index (χ0v) is 15.3. The van der Waals surface area contributed by atoms with Crippen LogP contribution in [0.15, 0.2) is 42.5 Å². The molecule has 0 atom stereocenters. The van der Waals surface area contributed by atoms with E-state index in [1.807, 2.05) is 24.3 Å². The van der Waals surface area contributed by atoms with Crippen molar-refractivity contribution >= 4 is 5.97 Å². The maximum Gasteiger partial charge on any atom is 0.338 e. The van der Waals surface area contributed by atoms with E-state index in [0.717, 1.165) is 17.7 Å². The third kappa shape index (κ3) is 6.17. The first-order valence-corrected chi connectivity index (χ1v) is 9.38. The molecule has 0 heterocycles. The fourth-order valence-electron chi connectivity index (χ4n) is 2.86. The van der Waals surface area contributed by atoms with Crippen molar-refractivity contribution in [3.8, 4) is 16.9 Å². The van der Waals surface area contributed by atoms with Crippen LogP contribution in [0.1, 0.15) is 62.2 Å². The Morgan fingerprint density at radius 3 is 2.15 bits per heavy atom. The van der Waals surface area contributed by atoms with Gasteiger partial charge in [0.05, 0.1) is 12.2 Å². The lowest BCUT2D eigenvalue weighted by atomic mass is 10.0. The van der Waals surface area contributed by atoms with E-state index in [4.69, 9.17) is 9.84 Å². The van der Waals surface area contributed by atoms with E-state index in [1.54, 1.807) is 6.07 Å². The quantitative estimate of drug-likeness (QED) is 0.478. The molecule has 2 rings (SSSR count). The smallest absolute Gasteiger partial charge is 0.338 e. The maximum atomic E-state index is 13.8. The zero-order chi connectivity index (χ0) is 18.8. The molecule has 140 valence electrons. The van der Waals surface area contributed by atoms with Gasteiger partial charge in [0.15, 0.2) is 0 Å². The Labute approximate surface area is 154 Å². The highest BCUT2D eigenvalue weighted by Gasteiger charge is 2.11. The van der Waals surface area contributed by atoms with Gasteiger partial charge in [0.25, 0.3) is 0 Å². The van der Waals surface area contributed by atoms with Crippen LogP contribution in [0.2, 0.25) is 0 Å². The fraction of sp³-hybridized carbons (Fsp3) is 0.409. The number of hydrogen-bond donors (Lipinski definition) is 1. The summed E-state index contributed by atoms with van der Waals surface area (Å²) in [6.07, 6.45) is 8.74. The Morgan fingerprint density at radius 1 is 0.923 bits per heavy atom. The van der Waals surface area contributed by atoms with Crippen molar-refractivity contribution in [3.63, 3.8) is 0 Å². The van der Waals surface area contributed by atoms with E-state index < -0.39 is 11.8 Å². The molecule has 0 aliphatic rings. The predicted molar refractivity (Wildman–Crippen MR) is 102 cm³/mol. The number of hydrogen-bond acceptors (Lipinski definition) is 2. The van der Waals surface area contributed by atoms with E-state index in [2.05, 4.69) is 6.92 Å². The van der Waals surface area contributed by atoms with E-state index >= 15 is 0 Å². The molecule has 3 nitrogen and oxygen atoms in total. The number of unbranched alkanes of at least 4 members (excludes halogenated alkanes) is 6. The Balaban J connectivity index is 1.79. The lowest BCUT2D eigenvalue weighted by Gasteiger charge is -2.08. The van der Waals surface area contributed by atoms with Gasteiger partial charge >= 0.3 is 5.97 Å². The molecule has 0 aromatic heterocycles. The number of aromatic carboxylic acids is 1. The molecule has 0 aliphatic heterocycles. The topological polar surface area (TPSA) is 46.5 Å². The number of rotatable bonds is 11. The van der Waals surface area contributed by atoms with Gasteiger partial charge in [-0.1, -0.05) is 63.6 Å². The Hall–Kier alpha value is -2.36. The van der Waals surface area contributed by atoms with Crippen molar-refractivity contribution in [2.45, 2.75) is 51.9 Å². The highest BCUT2D eigenvalue weighted by atomic mass is 19.1. The van der Waals surface area contributed by atoms with Gasteiger partial charge in [0.2, 0.25) is 0 Å². The Kier molecular flexibility index (Phi) is 8.13. The Morgan fingerprint density at radius 2 is 1.54 bits per heavy atom. The molecule has 4 heteroatoms. The average molecular weight is 358 g/mol. The molecule has 0 radical (unpaired) electrons. The van der Waals surface area contributed by atoms with Gasteiger partial charge in [-0.25, -0.2) is 9.18 Å². The van der Waals surface area contributed by atoms with Crippen molar-refractivity contribution in [2.75, 3.05) is 6.61 Å². The van der Waals surface area contributed by atoms with Crippen molar-refractivity contribution in [1.82, 2.24) is 0 Å². The van der Waals surface area contributed by atoms with Gasteiger partial charge in [-0.05, 0) is 41.8 Å². The maximum absolute atomic E-state index is 13.8. The molecule has 26 heavy (non-hydrogen) atoms. The standard InChI is InChI=1S/C22H27FO3/c1-2-3-4-5-6-7-8-15-26-19-12-9-17(10-13-19)18-11-14-20(22(24)25)21(23)16-18/h9-14,16H,2-8,15H2,1H3,(H,24,25). The fourth-order valence-corrected chi connectivity index (χ4v) is 2.86. The second kappa shape index (κ2) is 10.6. The molecular weight excluding hydrogens is 331 g/mol. The molecule has 0 spiro atoms. The third-order valence-electron chi connectivity index (χ3n) is 4.40. The molecule has 0 aliphatic carbocycles. The summed E-state index contributed by atoms with van der Waals surface area (Å²) >= 11 is 0. The summed E-state index contributed by atoms with van der Waals surface area (Å²) in [5, 5.41) is 8.88. The van der Waals surface area contributed by atoms with Gasteiger partial charge in [0, 0.05) is 0 Å². The molecule has 0 unspecified atom stereocenters. The molecule has 2 aromatic rings. The van der Waals surface area contributed by atoms with E-state index in [0.29, 0.717) is 12.2 Å². The number of ether oxygens (including phenoxy) is 1. The normalized spacial score (nSPS) is 10.7. The number of halogens is 1. The minimum Gasteiger partial charge on any atom is -0.494 e. The van der Waals surface area contributed by atoms with Crippen LogP contribution in [0.3, 0.4) is 0 Å². The van der Waals surface area contributed by atoms with Crippen LogP contribution < -0.4 is 4.74 Å². The number of carboxylic acid groups (broad SMARTS) is 1. The first-order chi connectivity index (χ1) is 12.6. The molecular formula is C22H27FO3. The number of benzene rings is 2. The molecule has 0 amide bonds. The lowest BCUT2D eigenvalue weighted by molar-refractivity contribution is 0.0692. The minimum absolute atomic E-state index is 0.316. The first kappa shape index (κ1) is 20.0. The predicted octanol–water partition coefficient (Wildman–Crippen LogP) is 6.32. The van der Waals surface area contributed by atoms with Crippen LogP contribution in [0.25, 0.3) is 11.1 Å². The molecule has 1 N–H and O–H groups in total. The van der Waals surface area contributed by atoms with Crippen molar-refractivity contribution < 1.29 is 19.0 Å².